The summed E-state index contributed by atoms with van der Waals surface area (Å²) in [5.41, 5.74) is 0.707. The molecule has 5 nitrogen and oxygen atoms in total. The van der Waals surface area contributed by atoms with Gasteiger partial charge in [0.05, 0.1) is 17.5 Å². The van der Waals surface area contributed by atoms with Gasteiger partial charge in [-0.3, -0.25) is 0 Å². The molecule has 2 atom stereocenters. The van der Waals surface area contributed by atoms with Crippen LogP contribution < -0.4 is 0 Å². The summed E-state index contributed by atoms with van der Waals surface area (Å²) in [7, 11) is -3.99. The first-order valence-electron chi connectivity index (χ1n) is 7.49. The van der Waals surface area contributed by atoms with Crippen LogP contribution in [-0.2, 0) is 14.8 Å². The number of aryl methyl sites for hydroxylation is 1. The van der Waals surface area contributed by atoms with E-state index < -0.39 is 22.2 Å². The molecular formula is C17H23NO4S. The first-order valence-corrected chi connectivity index (χ1v) is 8.93. The Hall–Kier alpha value is -1.82. The van der Waals surface area contributed by atoms with E-state index in [2.05, 4.69) is 6.58 Å². The zero-order valence-corrected chi connectivity index (χ0v) is 14.8. The molecule has 0 aliphatic carbocycles. The molecule has 0 N–H and O–H groups in total. The van der Waals surface area contributed by atoms with Crippen LogP contribution in [0, 0.1) is 18.3 Å². The van der Waals surface area contributed by atoms with Crippen molar-refractivity contribution in [2.75, 3.05) is 6.61 Å². The molecule has 23 heavy (non-hydrogen) atoms. The van der Waals surface area contributed by atoms with Crippen LogP contribution in [0.25, 0.3) is 0 Å². The summed E-state index contributed by atoms with van der Waals surface area (Å²) >= 11 is 0. The number of cyclic esters (lactones) is 1. The number of rotatable bonds is 3. The molecule has 6 heteroatoms. The van der Waals surface area contributed by atoms with E-state index in [4.69, 9.17) is 4.74 Å². The van der Waals surface area contributed by atoms with Crippen LogP contribution in [-0.4, -0.2) is 31.5 Å². The number of nitrogens with zero attached hydrogens (tertiary/aromatic N) is 1. The third-order valence-electron chi connectivity index (χ3n) is 4.18. The van der Waals surface area contributed by atoms with Crippen LogP contribution in [0.4, 0.5) is 4.79 Å². The van der Waals surface area contributed by atoms with Gasteiger partial charge in [0.15, 0.2) is 0 Å². The number of carbonyl (C=O) groups is 1. The lowest BCUT2D eigenvalue weighted by atomic mass is 9.76. The number of benzene rings is 1. The van der Waals surface area contributed by atoms with E-state index in [-0.39, 0.29) is 22.8 Å². The molecule has 0 bridgehead atoms. The SMILES string of the molecule is C=C[C@H]1[C@@H](C(C)(C)C)COC(=O)N1S(=O)(=O)c1ccc(C)cc1. The molecule has 1 aliphatic rings. The minimum absolute atomic E-state index is 0.0708. The third-order valence-corrected chi connectivity index (χ3v) is 5.96. The fourth-order valence-corrected chi connectivity index (χ4v) is 4.22. The summed E-state index contributed by atoms with van der Waals surface area (Å²) in [5.74, 6) is -0.169. The van der Waals surface area contributed by atoms with E-state index in [9.17, 15) is 13.2 Å². The standard InChI is InChI=1S/C17H23NO4S/c1-6-15-14(17(3,4)5)11-22-16(19)18(15)23(20,21)13-9-7-12(2)8-10-13/h6-10,14-15H,1,11H2,2-5H3/t14-,15-/m0/s1. The lowest BCUT2D eigenvalue weighted by Gasteiger charge is -2.43. The molecule has 0 spiro atoms. The van der Waals surface area contributed by atoms with Crippen molar-refractivity contribution in [1.82, 2.24) is 4.31 Å². The molecule has 0 radical (unpaired) electrons. The van der Waals surface area contributed by atoms with Crippen molar-refractivity contribution in [2.24, 2.45) is 11.3 Å². The van der Waals surface area contributed by atoms with Crippen LogP contribution in [0.5, 0.6) is 0 Å². The second-order valence-electron chi connectivity index (χ2n) is 6.89. The van der Waals surface area contributed by atoms with E-state index in [1.165, 1.54) is 18.2 Å². The van der Waals surface area contributed by atoms with Crippen LogP contribution in [0.2, 0.25) is 0 Å². The summed E-state index contributed by atoms with van der Waals surface area (Å²) in [5, 5.41) is 0. The number of amides is 1. The van der Waals surface area contributed by atoms with Gasteiger partial charge in [-0.15, -0.1) is 6.58 Å². The van der Waals surface area contributed by atoms with Crippen molar-refractivity contribution in [3.8, 4) is 0 Å². The predicted molar refractivity (Wildman–Crippen MR) is 88.5 cm³/mol. The summed E-state index contributed by atoms with van der Waals surface area (Å²) in [6, 6.07) is 5.76. The minimum Gasteiger partial charge on any atom is -0.448 e. The molecule has 0 unspecified atom stereocenters. The monoisotopic (exact) mass is 337 g/mol. The van der Waals surface area contributed by atoms with Gasteiger partial charge in [0.25, 0.3) is 10.0 Å². The second-order valence-corrected chi connectivity index (χ2v) is 8.70. The molecule has 2 rings (SSSR count). The molecule has 0 aromatic heterocycles. The first kappa shape index (κ1) is 17.5. The van der Waals surface area contributed by atoms with Crippen molar-refractivity contribution >= 4 is 16.1 Å². The van der Waals surface area contributed by atoms with Gasteiger partial charge in [0, 0.05) is 5.92 Å². The van der Waals surface area contributed by atoms with Crippen molar-refractivity contribution in [3.63, 3.8) is 0 Å². The van der Waals surface area contributed by atoms with Crippen molar-refractivity contribution < 1.29 is 17.9 Å². The highest BCUT2D eigenvalue weighted by atomic mass is 32.2. The van der Waals surface area contributed by atoms with Gasteiger partial charge in [-0.1, -0.05) is 44.5 Å². The number of sulfonamides is 1. The van der Waals surface area contributed by atoms with Gasteiger partial charge in [0.2, 0.25) is 0 Å². The van der Waals surface area contributed by atoms with E-state index in [1.807, 2.05) is 27.7 Å². The van der Waals surface area contributed by atoms with E-state index in [0.29, 0.717) is 0 Å². The van der Waals surface area contributed by atoms with E-state index in [0.717, 1.165) is 9.87 Å². The van der Waals surface area contributed by atoms with Gasteiger partial charge < -0.3 is 4.74 Å². The Balaban J connectivity index is 2.50. The summed E-state index contributed by atoms with van der Waals surface area (Å²) in [6.07, 6.45) is 0.665. The molecular weight excluding hydrogens is 314 g/mol. The quantitative estimate of drug-likeness (QED) is 0.794. The van der Waals surface area contributed by atoms with Gasteiger partial charge >= 0.3 is 6.09 Å². The second kappa shape index (κ2) is 6.00. The zero-order chi connectivity index (χ0) is 17.4. The van der Waals surface area contributed by atoms with E-state index in [1.54, 1.807) is 12.1 Å². The average Bonchev–Trinajstić information content (AvgIpc) is 2.45. The lowest BCUT2D eigenvalue weighted by molar-refractivity contribution is 0.0134. The molecule has 1 aromatic rings. The average molecular weight is 337 g/mol. The smallest absolute Gasteiger partial charge is 0.424 e. The molecule has 1 saturated heterocycles. The summed E-state index contributed by atoms with van der Waals surface area (Å²) < 4.78 is 31.8. The largest absolute Gasteiger partial charge is 0.448 e. The number of carbonyl (C=O) groups excluding carboxylic acids is 1. The third kappa shape index (κ3) is 3.27. The Kier molecular flexibility index (Phi) is 4.57. The Labute approximate surface area is 138 Å². The highest BCUT2D eigenvalue weighted by Crippen LogP contribution is 2.37. The molecule has 1 aliphatic heterocycles. The fourth-order valence-electron chi connectivity index (χ4n) is 2.71. The topological polar surface area (TPSA) is 63.7 Å². The molecule has 0 saturated carbocycles. The summed E-state index contributed by atoms with van der Waals surface area (Å²) in [6.45, 7) is 11.8. The molecule has 1 fully saturated rings. The number of hydrogen-bond acceptors (Lipinski definition) is 4. The lowest BCUT2D eigenvalue weighted by Crippen LogP contribution is -2.55. The molecule has 1 aromatic carbocycles. The van der Waals surface area contributed by atoms with Crippen molar-refractivity contribution in [2.45, 2.75) is 38.6 Å². The van der Waals surface area contributed by atoms with Gasteiger partial charge in [-0.05, 0) is 24.5 Å². The first-order chi connectivity index (χ1) is 10.6. The molecule has 1 heterocycles. The normalized spacial score (nSPS) is 22.6. The highest BCUT2D eigenvalue weighted by Gasteiger charge is 2.47. The van der Waals surface area contributed by atoms with Crippen LogP contribution >= 0.6 is 0 Å². The summed E-state index contributed by atoms with van der Waals surface area (Å²) in [4.78, 5) is 12.3. The highest BCUT2D eigenvalue weighted by molar-refractivity contribution is 7.89. The Morgan fingerprint density at radius 1 is 1.26 bits per heavy atom. The number of ether oxygens (including phenoxy) is 1. The maximum atomic E-state index is 12.9. The molecule has 1 amide bonds. The fraction of sp³-hybridized carbons (Fsp3) is 0.471. The van der Waals surface area contributed by atoms with Crippen LogP contribution in [0.1, 0.15) is 26.3 Å². The van der Waals surface area contributed by atoms with Crippen molar-refractivity contribution in [1.29, 1.82) is 0 Å². The maximum Gasteiger partial charge on any atom is 0.424 e. The Morgan fingerprint density at radius 2 is 1.83 bits per heavy atom. The Bertz CT molecular complexity index is 701. The minimum atomic E-state index is -3.99. The zero-order valence-electron chi connectivity index (χ0n) is 13.9. The number of hydrogen-bond donors (Lipinski definition) is 0. The predicted octanol–water partition coefficient (Wildman–Crippen LogP) is 3.35. The van der Waals surface area contributed by atoms with Crippen molar-refractivity contribution in [3.05, 3.63) is 42.5 Å². The van der Waals surface area contributed by atoms with Gasteiger partial charge in [-0.25, -0.2) is 13.2 Å². The van der Waals surface area contributed by atoms with Crippen LogP contribution in [0.3, 0.4) is 0 Å². The van der Waals surface area contributed by atoms with Gasteiger partial charge in [-0.2, -0.15) is 4.31 Å². The maximum absolute atomic E-state index is 12.9. The van der Waals surface area contributed by atoms with Crippen LogP contribution in [0.15, 0.2) is 41.8 Å². The molecule has 126 valence electrons. The van der Waals surface area contributed by atoms with E-state index >= 15 is 0 Å². The van der Waals surface area contributed by atoms with Gasteiger partial charge in [0.1, 0.15) is 0 Å². The Morgan fingerprint density at radius 3 is 2.30 bits per heavy atom.